The van der Waals surface area contributed by atoms with Crippen molar-refractivity contribution in [2.24, 2.45) is 23.7 Å². The molecule has 3 aliphatic rings. The third kappa shape index (κ3) is 12.1. The number of Topliss-reactive ketones (excluding diaryl/α,β-unsaturated/α-hetero) is 1. The van der Waals surface area contributed by atoms with Crippen molar-refractivity contribution >= 4 is 17.7 Å². The van der Waals surface area contributed by atoms with Crippen LogP contribution in [0.4, 0.5) is 0 Å². The molecule has 334 valence electrons. The Morgan fingerprint density at radius 2 is 1.42 bits per heavy atom. The Morgan fingerprint density at radius 3 is 1.91 bits per heavy atom. The number of ether oxygens (including phenoxy) is 7. The molecule has 0 saturated carbocycles. The summed E-state index contributed by atoms with van der Waals surface area (Å²) in [7, 11) is 6.77. The molecule has 18 atom stereocenters. The fraction of sp³-hybridized carbons (Fsp3) is 0.927. The van der Waals surface area contributed by atoms with Crippen LogP contribution in [0.3, 0.4) is 0 Å². The summed E-state index contributed by atoms with van der Waals surface area (Å²) in [6.45, 7) is 18.7. The van der Waals surface area contributed by atoms with Gasteiger partial charge in [-0.05, 0) is 74.9 Å². The van der Waals surface area contributed by atoms with Gasteiger partial charge in [0, 0.05) is 50.9 Å². The molecule has 0 radical (unpaired) electrons. The monoisotopic (exact) mass is 822 g/mol. The Bertz CT molecular complexity index is 1300. The number of aliphatic hydroxyl groups excluding tert-OH is 3. The number of ketones is 1. The number of aliphatic hydroxyl groups is 4. The largest absolute Gasteiger partial charge is 0.481 e. The molecule has 3 rings (SSSR count). The topological polar surface area (TPSA) is 220 Å². The molecule has 0 spiro atoms. The average Bonchev–Trinajstić information content (AvgIpc) is 3.15. The van der Waals surface area contributed by atoms with Gasteiger partial charge in [0.25, 0.3) is 0 Å². The second-order valence-corrected chi connectivity index (χ2v) is 17.4. The van der Waals surface area contributed by atoms with Crippen LogP contribution in [0.2, 0.25) is 0 Å². The highest BCUT2D eigenvalue weighted by atomic mass is 16.7. The Balaban J connectivity index is 0.00000210. The number of esters is 1. The van der Waals surface area contributed by atoms with Crippen LogP contribution in [0.15, 0.2) is 0 Å². The van der Waals surface area contributed by atoms with E-state index in [-0.39, 0.29) is 43.6 Å². The Labute approximate surface area is 339 Å². The van der Waals surface area contributed by atoms with Gasteiger partial charge in [-0.2, -0.15) is 0 Å². The number of hydrogen-bond acceptors (Lipinski definition) is 15. The fourth-order valence-electron chi connectivity index (χ4n) is 8.58. The first-order valence-corrected chi connectivity index (χ1v) is 20.4. The lowest BCUT2D eigenvalue weighted by atomic mass is 9.74. The van der Waals surface area contributed by atoms with Crippen molar-refractivity contribution in [3.63, 3.8) is 0 Å². The number of likely N-dealkylation sites (N-methyl/N-ethyl adjacent to an activating group) is 1. The highest BCUT2D eigenvalue weighted by molar-refractivity contribution is 5.83. The zero-order chi connectivity index (χ0) is 44.0. The van der Waals surface area contributed by atoms with E-state index in [9.17, 15) is 34.8 Å². The van der Waals surface area contributed by atoms with Crippen molar-refractivity contribution in [3.8, 4) is 0 Å². The molecule has 3 heterocycles. The maximum absolute atomic E-state index is 14.2. The smallest absolute Gasteiger partial charge is 0.311 e. The van der Waals surface area contributed by atoms with Crippen LogP contribution in [-0.2, 0) is 47.5 Å². The Hall–Kier alpha value is -1.83. The van der Waals surface area contributed by atoms with Crippen LogP contribution in [0.25, 0.3) is 0 Å². The predicted octanol–water partition coefficient (Wildman–Crippen LogP) is 2.92. The van der Waals surface area contributed by atoms with Crippen molar-refractivity contribution in [2.75, 3.05) is 28.3 Å². The third-order valence-electron chi connectivity index (χ3n) is 12.6. The van der Waals surface area contributed by atoms with Gasteiger partial charge in [-0.3, -0.25) is 14.4 Å². The number of nitrogens with zero attached hydrogens (tertiary/aromatic N) is 1. The van der Waals surface area contributed by atoms with Gasteiger partial charge in [0.1, 0.15) is 29.7 Å². The lowest BCUT2D eigenvalue weighted by molar-refractivity contribution is -0.319. The minimum absolute atomic E-state index is 0.111. The highest BCUT2D eigenvalue weighted by Crippen LogP contribution is 2.41. The molecule has 16 nitrogen and oxygen atoms in total. The summed E-state index contributed by atoms with van der Waals surface area (Å²) in [6, 6.07) is -0.283. The minimum Gasteiger partial charge on any atom is -0.481 e. The molecule has 57 heavy (non-hydrogen) atoms. The van der Waals surface area contributed by atoms with E-state index in [1.165, 1.54) is 21.1 Å². The lowest BCUT2D eigenvalue weighted by Gasteiger charge is -2.50. The summed E-state index contributed by atoms with van der Waals surface area (Å²) in [5, 5.41) is 53.3. The van der Waals surface area contributed by atoms with E-state index >= 15 is 0 Å². The molecule has 3 aliphatic heterocycles. The molecular weight excluding hydrogens is 746 g/mol. The van der Waals surface area contributed by atoms with E-state index in [4.69, 9.17) is 38.3 Å². The molecule has 0 aromatic rings. The van der Waals surface area contributed by atoms with Crippen molar-refractivity contribution in [1.29, 1.82) is 0 Å². The number of hydrogen-bond donors (Lipinski definition) is 5. The molecule has 16 heteroatoms. The second kappa shape index (κ2) is 21.1. The lowest BCUT2D eigenvalue weighted by Crippen LogP contribution is -2.61. The SMILES string of the molecule is CCC(=O)O.CC[C@H]1OC(=O)[C@H](C)[C@@H](O[C@H]2C[C@@](C)(OC)[C@@H](O)[C@H](C)O2)C(C)[C@@H](O[C@@H]2O[C@H](C)C[C@H](N(C)C)[C@H]2O)[C@](C)(OC)C[C@@H](C)C(=O)[C@H](C)[C@@H](O)[C@]1(C)O. The summed E-state index contributed by atoms with van der Waals surface area (Å²) in [5.41, 5.74) is -4.24. The van der Waals surface area contributed by atoms with Gasteiger partial charge in [0.05, 0.1) is 47.6 Å². The molecule has 0 aliphatic carbocycles. The minimum atomic E-state index is -1.96. The van der Waals surface area contributed by atoms with Crippen LogP contribution >= 0.6 is 0 Å². The third-order valence-corrected chi connectivity index (χ3v) is 12.6. The molecular formula is C41H75NO15. The van der Waals surface area contributed by atoms with Crippen LogP contribution in [-0.4, -0.2) is 161 Å². The number of methoxy groups -OCH3 is 2. The van der Waals surface area contributed by atoms with E-state index in [0.717, 1.165) is 0 Å². The molecule has 0 aromatic carbocycles. The molecule has 3 fully saturated rings. The van der Waals surface area contributed by atoms with Gasteiger partial charge in [0.2, 0.25) is 0 Å². The first kappa shape index (κ1) is 51.3. The summed E-state index contributed by atoms with van der Waals surface area (Å²) in [6.07, 6.45) is -8.51. The van der Waals surface area contributed by atoms with Crippen LogP contribution in [0.5, 0.6) is 0 Å². The van der Waals surface area contributed by atoms with Crippen molar-refractivity contribution in [3.05, 3.63) is 0 Å². The first-order chi connectivity index (χ1) is 26.3. The van der Waals surface area contributed by atoms with Crippen LogP contribution in [0, 0.1) is 23.7 Å². The quantitative estimate of drug-likeness (QED) is 0.211. The molecule has 3 saturated heterocycles. The number of rotatable bonds is 9. The Kier molecular flexibility index (Phi) is 19.0. The van der Waals surface area contributed by atoms with E-state index < -0.39 is 108 Å². The first-order valence-electron chi connectivity index (χ1n) is 20.4. The normalized spacial score (nSPS) is 45.4. The highest BCUT2D eigenvalue weighted by Gasteiger charge is 2.54. The number of carboxylic acids is 1. The molecule has 0 amide bonds. The van der Waals surface area contributed by atoms with Crippen molar-refractivity contribution in [1.82, 2.24) is 4.90 Å². The van der Waals surface area contributed by atoms with Crippen LogP contribution < -0.4 is 0 Å². The zero-order valence-corrected chi connectivity index (χ0v) is 37.0. The van der Waals surface area contributed by atoms with E-state index in [2.05, 4.69) is 0 Å². The summed E-state index contributed by atoms with van der Waals surface area (Å²) >= 11 is 0. The molecule has 0 aromatic heterocycles. The summed E-state index contributed by atoms with van der Waals surface area (Å²) in [4.78, 5) is 39.4. The standard InChI is InChI=1S/C38H69NO13.C3H6O2/c1-15-26-38(10,45)31(42)21(4)28(40)19(2)17-37(9,47-14)33(52-35-29(41)25(39(11)12)16-20(3)48-35)22(5)30(23(6)34(44)50-26)51-27-18-36(8,46-13)32(43)24(7)49-27;1-2-3(4)5/h19-27,29-33,35,41-43,45H,15-18H2,1-14H3;2H2,1H3,(H,4,5)/t19-,20-,21+,22?,23-,24+,25+,26-,27+,29-,30+,31-,32+,33-,35+,36-,37-,38-;/m1./s1. The average molecular weight is 822 g/mol. The number of carboxylic acid groups (broad SMARTS) is 1. The molecule has 0 bridgehead atoms. The number of carbonyl (C=O) groups excluding carboxylic acids is 2. The van der Waals surface area contributed by atoms with Gasteiger partial charge >= 0.3 is 11.9 Å². The van der Waals surface area contributed by atoms with Gasteiger partial charge in [-0.25, -0.2) is 0 Å². The summed E-state index contributed by atoms with van der Waals surface area (Å²) in [5.74, 6) is -5.21. The summed E-state index contributed by atoms with van der Waals surface area (Å²) < 4.78 is 43.9. The van der Waals surface area contributed by atoms with Gasteiger partial charge in [-0.1, -0.05) is 34.6 Å². The van der Waals surface area contributed by atoms with Gasteiger partial charge < -0.3 is 63.6 Å². The second-order valence-electron chi connectivity index (χ2n) is 17.4. The fourth-order valence-corrected chi connectivity index (χ4v) is 8.58. The van der Waals surface area contributed by atoms with Crippen molar-refractivity contribution < 1.29 is 73.1 Å². The molecule has 1 unspecified atom stereocenters. The molecule has 5 N–H and O–H groups in total. The predicted molar refractivity (Wildman–Crippen MR) is 209 cm³/mol. The van der Waals surface area contributed by atoms with E-state index in [1.54, 1.807) is 55.4 Å². The van der Waals surface area contributed by atoms with Gasteiger partial charge in [0.15, 0.2) is 12.6 Å². The van der Waals surface area contributed by atoms with E-state index in [1.807, 2.05) is 32.8 Å². The Morgan fingerprint density at radius 1 is 0.860 bits per heavy atom. The van der Waals surface area contributed by atoms with Crippen molar-refractivity contribution in [2.45, 2.75) is 193 Å². The van der Waals surface area contributed by atoms with Gasteiger partial charge in [-0.15, -0.1) is 0 Å². The number of carbonyl (C=O) groups is 3. The zero-order valence-electron chi connectivity index (χ0n) is 37.0. The number of cyclic esters (lactones) is 1. The maximum atomic E-state index is 14.2. The van der Waals surface area contributed by atoms with E-state index in [0.29, 0.717) is 6.42 Å². The van der Waals surface area contributed by atoms with Crippen LogP contribution in [0.1, 0.15) is 108 Å². The maximum Gasteiger partial charge on any atom is 0.311 e. The number of aliphatic carboxylic acids is 1.